The fourth-order valence-electron chi connectivity index (χ4n) is 4.74. The van der Waals surface area contributed by atoms with Gasteiger partial charge in [-0.25, -0.2) is 0 Å². The molecule has 212 valence electrons. The van der Waals surface area contributed by atoms with Crippen molar-refractivity contribution in [2.75, 3.05) is 44.7 Å². The quantitative estimate of drug-likeness (QED) is 0.457. The van der Waals surface area contributed by atoms with Crippen LogP contribution in [0.2, 0.25) is 0 Å². The number of alkyl halides is 3. The summed E-state index contributed by atoms with van der Waals surface area (Å²) in [6.07, 6.45) is -2.28. The molecule has 2 unspecified atom stereocenters. The number of piperazine rings is 1. The van der Waals surface area contributed by atoms with E-state index in [0.29, 0.717) is 48.7 Å². The van der Waals surface area contributed by atoms with Crippen molar-refractivity contribution in [3.05, 3.63) is 65.4 Å². The first-order chi connectivity index (χ1) is 19.1. The standard InChI is InChI=1S/C27H30F3N6O3P/c1-35-10-12-36(13-11-35)21-14-17(27(28,29)30)4-7-22(21)39-18-5-2-16(3-6-18)26-34-20(24(31)37)15-23(40-26)33-19-8-9-32-25(19)38/h2-7,14-15,19,26,34,40H,8-13H2,1H3,(H2,31,37)(H,32,38)/t19-,26?/m0/s1. The molecule has 3 atom stereocenters. The van der Waals surface area contributed by atoms with Gasteiger partial charge in [-0.1, -0.05) is 12.1 Å². The number of nitrogens with two attached hydrogens (primary N) is 1. The number of carbonyl (C=O) groups excluding carboxylic acids is 2. The molecule has 0 aliphatic carbocycles. The Morgan fingerprint density at radius 1 is 1.12 bits per heavy atom. The number of anilines is 1. The molecule has 2 amide bonds. The summed E-state index contributed by atoms with van der Waals surface area (Å²) in [7, 11) is 2.11. The van der Waals surface area contributed by atoms with Crippen LogP contribution in [0.1, 0.15) is 23.3 Å². The zero-order chi connectivity index (χ0) is 28.4. The first kappa shape index (κ1) is 27.9. The van der Waals surface area contributed by atoms with Crippen LogP contribution in [0.5, 0.6) is 11.5 Å². The molecule has 0 aromatic heterocycles. The number of aliphatic imine (C=N–C) groups is 1. The number of likely N-dealkylation sites (N-methyl/N-ethyl adjacent to an activating group) is 1. The molecule has 2 fully saturated rings. The Morgan fingerprint density at radius 3 is 2.48 bits per heavy atom. The molecule has 0 spiro atoms. The van der Waals surface area contributed by atoms with Crippen molar-refractivity contribution in [3.63, 3.8) is 0 Å². The third-order valence-corrected chi connectivity index (χ3v) is 8.36. The highest BCUT2D eigenvalue weighted by molar-refractivity contribution is 7.59. The maximum atomic E-state index is 13.5. The summed E-state index contributed by atoms with van der Waals surface area (Å²) < 4.78 is 46.5. The predicted octanol–water partition coefficient (Wildman–Crippen LogP) is 3.19. The highest BCUT2D eigenvalue weighted by atomic mass is 31.1. The van der Waals surface area contributed by atoms with Crippen molar-refractivity contribution in [3.8, 4) is 11.5 Å². The summed E-state index contributed by atoms with van der Waals surface area (Å²) in [5.41, 5.74) is 6.89. The van der Waals surface area contributed by atoms with E-state index in [2.05, 4.69) is 20.5 Å². The number of carbonyl (C=O) groups is 2. The van der Waals surface area contributed by atoms with Gasteiger partial charge in [0.1, 0.15) is 17.5 Å². The van der Waals surface area contributed by atoms with Gasteiger partial charge in [0.25, 0.3) is 5.91 Å². The summed E-state index contributed by atoms with van der Waals surface area (Å²) in [6, 6.07) is 10.2. The smallest absolute Gasteiger partial charge is 0.416 e. The number of nitrogens with one attached hydrogen (secondary N) is 2. The van der Waals surface area contributed by atoms with Crippen molar-refractivity contribution in [1.29, 1.82) is 0 Å². The molecular formula is C27H30F3N6O3P. The van der Waals surface area contributed by atoms with Gasteiger partial charge in [0.05, 0.1) is 22.5 Å². The molecule has 2 aromatic carbocycles. The van der Waals surface area contributed by atoms with E-state index >= 15 is 0 Å². The van der Waals surface area contributed by atoms with E-state index in [-0.39, 0.29) is 26.0 Å². The second kappa shape index (κ2) is 11.5. The molecule has 2 aromatic rings. The number of ether oxygens (including phenoxy) is 1. The SMILES string of the molecule is CN1CCN(c2cc(C(F)(F)F)ccc2Oc2ccc(C3NC(C(N)=O)=CC(=N[C@H]4CCNC4=O)P3)cc2)CC1. The van der Waals surface area contributed by atoms with Gasteiger partial charge in [0.2, 0.25) is 5.91 Å². The van der Waals surface area contributed by atoms with E-state index in [1.54, 1.807) is 18.2 Å². The number of halogens is 3. The van der Waals surface area contributed by atoms with Gasteiger partial charge in [-0.15, -0.1) is 0 Å². The Kier molecular flexibility index (Phi) is 8.00. The van der Waals surface area contributed by atoms with Crippen molar-refractivity contribution in [2.45, 2.75) is 24.4 Å². The number of amides is 2. The molecule has 3 heterocycles. The lowest BCUT2D eigenvalue weighted by molar-refractivity contribution is -0.137. The van der Waals surface area contributed by atoms with Crippen molar-refractivity contribution in [1.82, 2.24) is 15.5 Å². The van der Waals surface area contributed by atoms with E-state index in [0.717, 1.165) is 30.8 Å². The number of allylic oxidation sites excluding steroid dienone is 1. The van der Waals surface area contributed by atoms with Crippen LogP contribution in [-0.2, 0) is 15.8 Å². The number of benzene rings is 2. The minimum Gasteiger partial charge on any atom is -0.455 e. The van der Waals surface area contributed by atoms with Crippen LogP contribution < -0.4 is 26.0 Å². The Balaban J connectivity index is 1.36. The third kappa shape index (κ3) is 6.39. The topological polar surface area (TPSA) is 112 Å². The number of hydrogen-bond acceptors (Lipinski definition) is 7. The normalized spacial score (nSPS) is 23.6. The predicted molar refractivity (Wildman–Crippen MR) is 148 cm³/mol. The second-order valence-corrected chi connectivity index (χ2v) is 11.3. The number of nitrogens with zero attached hydrogens (tertiary/aromatic N) is 3. The number of hydrogen-bond donors (Lipinski definition) is 3. The van der Waals surface area contributed by atoms with E-state index in [1.807, 2.05) is 24.1 Å². The van der Waals surface area contributed by atoms with Crippen molar-refractivity contribution >= 4 is 31.5 Å². The maximum absolute atomic E-state index is 13.5. The minimum atomic E-state index is -4.46. The largest absolute Gasteiger partial charge is 0.455 e. The van der Waals surface area contributed by atoms with Crippen molar-refractivity contribution in [2.24, 2.45) is 10.7 Å². The summed E-state index contributed by atoms with van der Waals surface area (Å²) in [5.74, 6) is -0.262. The summed E-state index contributed by atoms with van der Waals surface area (Å²) in [4.78, 5) is 32.6. The highest BCUT2D eigenvalue weighted by Gasteiger charge is 2.32. The third-order valence-electron chi connectivity index (χ3n) is 7.02. The molecule has 3 aliphatic rings. The monoisotopic (exact) mass is 574 g/mol. The van der Waals surface area contributed by atoms with Gasteiger partial charge in [-0.05, 0) is 64.0 Å². The molecule has 2 saturated heterocycles. The molecule has 9 nitrogen and oxygen atoms in total. The average Bonchev–Trinajstić information content (AvgIpc) is 3.33. The number of rotatable bonds is 6. The van der Waals surface area contributed by atoms with Crippen LogP contribution in [0, 0.1) is 0 Å². The molecule has 13 heteroatoms. The van der Waals surface area contributed by atoms with Crippen LogP contribution in [-0.4, -0.2) is 68.0 Å². The van der Waals surface area contributed by atoms with Gasteiger partial charge in [-0.3, -0.25) is 14.6 Å². The molecule has 40 heavy (non-hydrogen) atoms. The van der Waals surface area contributed by atoms with E-state index in [1.165, 1.54) is 6.07 Å². The molecule has 5 rings (SSSR count). The van der Waals surface area contributed by atoms with E-state index in [4.69, 9.17) is 10.5 Å². The highest BCUT2D eigenvalue weighted by Crippen LogP contribution is 2.41. The lowest BCUT2D eigenvalue weighted by Crippen LogP contribution is -2.44. The first-order valence-electron chi connectivity index (χ1n) is 12.9. The Labute approximate surface area is 231 Å². The van der Waals surface area contributed by atoms with Crippen LogP contribution in [0.4, 0.5) is 18.9 Å². The van der Waals surface area contributed by atoms with E-state index < -0.39 is 23.7 Å². The van der Waals surface area contributed by atoms with Crippen LogP contribution >= 0.6 is 8.58 Å². The van der Waals surface area contributed by atoms with Gasteiger partial charge in [-0.2, -0.15) is 13.2 Å². The molecule has 3 aliphatic heterocycles. The Bertz CT molecular complexity index is 1340. The van der Waals surface area contributed by atoms with Crippen LogP contribution in [0.15, 0.2) is 59.2 Å². The summed E-state index contributed by atoms with van der Waals surface area (Å²) in [5, 5.41) is 5.89. The fourth-order valence-corrected chi connectivity index (χ4v) is 6.09. The zero-order valence-corrected chi connectivity index (χ0v) is 22.8. The van der Waals surface area contributed by atoms with Crippen LogP contribution in [0.3, 0.4) is 0 Å². The zero-order valence-electron chi connectivity index (χ0n) is 21.8. The Hall–Kier alpha value is -3.63. The summed E-state index contributed by atoms with van der Waals surface area (Å²) >= 11 is 0. The minimum absolute atomic E-state index is 0.135. The first-order valence-corrected chi connectivity index (χ1v) is 14.0. The van der Waals surface area contributed by atoms with Gasteiger partial charge < -0.3 is 30.9 Å². The Morgan fingerprint density at radius 2 is 1.85 bits per heavy atom. The summed E-state index contributed by atoms with van der Waals surface area (Å²) in [6.45, 7) is 3.21. The lowest BCUT2D eigenvalue weighted by Gasteiger charge is -2.35. The van der Waals surface area contributed by atoms with Crippen LogP contribution in [0.25, 0.3) is 0 Å². The maximum Gasteiger partial charge on any atom is 0.416 e. The molecule has 0 radical (unpaired) electrons. The molecule has 4 N–H and O–H groups in total. The van der Waals surface area contributed by atoms with Gasteiger partial charge >= 0.3 is 6.18 Å². The second-order valence-electron chi connectivity index (χ2n) is 9.90. The number of primary amides is 1. The lowest BCUT2D eigenvalue weighted by atomic mass is 10.1. The molecular weight excluding hydrogens is 544 g/mol. The van der Waals surface area contributed by atoms with Crippen molar-refractivity contribution < 1.29 is 27.5 Å². The van der Waals surface area contributed by atoms with Gasteiger partial charge in [0.15, 0.2) is 5.75 Å². The average molecular weight is 575 g/mol. The van der Waals surface area contributed by atoms with E-state index in [9.17, 15) is 22.8 Å². The van der Waals surface area contributed by atoms with Gasteiger partial charge in [0, 0.05) is 32.7 Å². The fraction of sp³-hybridized carbons (Fsp3) is 0.370. The molecule has 0 bridgehead atoms. The molecule has 0 saturated carbocycles.